The van der Waals surface area contributed by atoms with Gasteiger partial charge in [0, 0.05) is 0 Å². The van der Waals surface area contributed by atoms with Crippen LogP contribution in [0.4, 0.5) is 4.39 Å². The van der Waals surface area contributed by atoms with Crippen LogP contribution in [0, 0.1) is 12.7 Å². The average Bonchev–Trinajstić information content (AvgIpc) is 2.27. The van der Waals surface area contributed by atoms with Gasteiger partial charge in [-0.15, -0.1) is 0 Å². The molecule has 4 nitrogen and oxygen atoms in total. The molecule has 0 aliphatic heterocycles. The van der Waals surface area contributed by atoms with Gasteiger partial charge in [-0.2, -0.15) is 0 Å². The zero-order valence-electron chi connectivity index (χ0n) is 9.81. The Morgan fingerprint density at radius 2 is 2.24 bits per heavy atom. The number of nitrogens with two attached hydrogens (primary N) is 1. The summed E-state index contributed by atoms with van der Waals surface area (Å²) in [5, 5.41) is 9.91. The van der Waals surface area contributed by atoms with E-state index in [1.165, 1.54) is 18.2 Å². The largest absolute Gasteiger partial charge is 0.465 e. The number of esters is 1. The zero-order chi connectivity index (χ0) is 13.0. The van der Waals surface area contributed by atoms with Crippen LogP contribution in [0.25, 0.3) is 0 Å². The Bertz CT molecular complexity index is 409. The maximum absolute atomic E-state index is 12.9. The van der Waals surface area contributed by atoms with E-state index in [9.17, 15) is 14.3 Å². The fraction of sp³-hybridized carbons (Fsp3) is 0.417. The predicted molar refractivity (Wildman–Crippen MR) is 60.7 cm³/mol. The first kappa shape index (κ1) is 13.6. The number of hydrogen-bond donors (Lipinski definition) is 2. The van der Waals surface area contributed by atoms with Crippen LogP contribution >= 0.6 is 0 Å². The normalized spacial score (nSPS) is 14.2. The summed E-state index contributed by atoms with van der Waals surface area (Å²) in [6, 6.07) is 2.73. The van der Waals surface area contributed by atoms with Gasteiger partial charge < -0.3 is 15.6 Å². The van der Waals surface area contributed by atoms with Crippen LogP contribution in [-0.4, -0.2) is 23.7 Å². The molecule has 0 amide bonds. The van der Waals surface area contributed by atoms with Crippen molar-refractivity contribution in [3.05, 3.63) is 35.1 Å². The third kappa shape index (κ3) is 3.25. The minimum atomic E-state index is -1.20. The Morgan fingerprint density at radius 3 is 2.76 bits per heavy atom. The topological polar surface area (TPSA) is 72.5 Å². The molecule has 2 atom stereocenters. The van der Waals surface area contributed by atoms with Gasteiger partial charge in [0.2, 0.25) is 0 Å². The highest BCUT2D eigenvalue weighted by Gasteiger charge is 2.26. The average molecular weight is 241 g/mol. The Morgan fingerprint density at radius 1 is 1.59 bits per heavy atom. The molecule has 2 unspecified atom stereocenters. The first-order chi connectivity index (χ1) is 7.97. The van der Waals surface area contributed by atoms with Gasteiger partial charge in [0.15, 0.2) is 0 Å². The molecule has 1 aromatic rings. The highest BCUT2D eigenvalue weighted by atomic mass is 19.1. The number of rotatable bonds is 4. The predicted octanol–water partition coefficient (Wildman–Crippen LogP) is 1.06. The van der Waals surface area contributed by atoms with E-state index in [-0.39, 0.29) is 6.61 Å². The van der Waals surface area contributed by atoms with Crippen LogP contribution in [-0.2, 0) is 9.53 Å². The third-order valence-electron chi connectivity index (χ3n) is 2.45. The van der Waals surface area contributed by atoms with E-state index in [1.54, 1.807) is 13.8 Å². The lowest BCUT2D eigenvalue weighted by molar-refractivity contribution is -0.147. The van der Waals surface area contributed by atoms with Crippen molar-refractivity contribution >= 4 is 5.97 Å². The molecular weight excluding hydrogens is 225 g/mol. The van der Waals surface area contributed by atoms with Crippen molar-refractivity contribution in [2.75, 3.05) is 6.61 Å². The summed E-state index contributed by atoms with van der Waals surface area (Å²) < 4.78 is 17.6. The number of hydrogen-bond acceptors (Lipinski definition) is 4. The molecule has 0 aromatic heterocycles. The molecular formula is C12H16FNO3. The molecule has 0 aliphatic carbocycles. The van der Waals surface area contributed by atoms with E-state index in [2.05, 4.69) is 0 Å². The Balaban J connectivity index is 2.88. The second-order valence-corrected chi connectivity index (χ2v) is 3.72. The van der Waals surface area contributed by atoms with E-state index in [4.69, 9.17) is 10.5 Å². The van der Waals surface area contributed by atoms with Crippen LogP contribution in [0.5, 0.6) is 0 Å². The van der Waals surface area contributed by atoms with E-state index >= 15 is 0 Å². The molecule has 3 N–H and O–H groups in total. The summed E-state index contributed by atoms with van der Waals surface area (Å²) in [5.41, 5.74) is 6.53. The van der Waals surface area contributed by atoms with E-state index in [0.29, 0.717) is 11.1 Å². The molecule has 0 bridgehead atoms. The van der Waals surface area contributed by atoms with Crippen LogP contribution in [0.2, 0.25) is 0 Å². The van der Waals surface area contributed by atoms with Gasteiger partial charge in [-0.3, -0.25) is 4.79 Å². The summed E-state index contributed by atoms with van der Waals surface area (Å²) in [7, 11) is 0. The monoisotopic (exact) mass is 241 g/mol. The van der Waals surface area contributed by atoms with Gasteiger partial charge in [0.25, 0.3) is 0 Å². The molecule has 0 heterocycles. The lowest BCUT2D eigenvalue weighted by Crippen LogP contribution is -2.38. The molecule has 17 heavy (non-hydrogen) atoms. The van der Waals surface area contributed by atoms with E-state index in [0.717, 1.165) is 0 Å². The van der Waals surface area contributed by atoms with Crippen LogP contribution in [0.3, 0.4) is 0 Å². The quantitative estimate of drug-likeness (QED) is 0.773. The van der Waals surface area contributed by atoms with E-state index in [1.807, 2.05) is 0 Å². The molecule has 5 heteroatoms. The number of carbonyl (C=O) groups is 1. The standard InChI is InChI=1S/C12H16FNO3/c1-3-17-12(16)10(14)11(15)9-5-4-8(13)6-7(9)2/h4-6,10-11,15H,3,14H2,1-2H3. The fourth-order valence-corrected chi connectivity index (χ4v) is 1.53. The lowest BCUT2D eigenvalue weighted by Gasteiger charge is -2.19. The number of benzene rings is 1. The van der Waals surface area contributed by atoms with Crippen molar-refractivity contribution in [2.45, 2.75) is 26.0 Å². The molecule has 1 rings (SSSR count). The van der Waals surface area contributed by atoms with Crippen LogP contribution < -0.4 is 5.73 Å². The Hall–Kier alpha value is -1.46. The van der Waals surface area contributed by atoms with Gasteiger partial charge in [-0.05, 0) is 37.1 Å². The smallest absolute Gasteiger partial charge is 0.325 e. The van der Waals surface area contributed by atoms with Crippen LogP contribution in [0.15, 0.2) is 18.2 Å². The first-order valence-corrected chi connectivity index (χ1v) is 5.33. The lowest BCUT2D eigenvalue weighted by atomic mass is 9.98. The SMILES string of the molecule is CCOC(=O)C(N)C(O)c1ccc(F)cc1C. The molecule has 1 aromatic carbocycles. The third-order valence-corrected chi connectivity index (χ3v) is 2.45. The van der Waals surface area contributed by atoms with Crippen molar-refractivity contribution in [3.63, 3.8) is 0 Å². The maximum atomic E-state index is 12.9. The molecule has 0 aliphatic rings. The zero-order valence-corrected chi connectivity index (χ0v) is 9.81. The second-order valence-electron chi connectivity index (χ2n) is 3.72. The summed E-state index contributed by atoms with van der Waals surface area (Å²) in [6.07, 6.45) is -1.20. The first-order valence-electron chi connectivity index (χ1n) is 5.33. The second kappa shape index (κ2) is 5.75. The van der Waals surface area contributed by atoms with Crippen molar-refractivity contribution in [2.24, 2.45) is 5.73 Å². The fourth-order valence-electron chi connectivity index (χ4n) is 1.53. The number of aliphatic hydroxyl groups excluding tert-OH is 1. The van der Waals surface area contributed by atoms with Crippen molar-refractivity contribution < 1.29 is 19.0 Å². The van der Waals surface area contributed by atoms with E-state index < -0.39 is 23.9 Å². The molecule has 0 spiro atoms. The maximum Gasteiger partial charge on any atom is 0.325 e. The minimum absolute atomic E-state index is 0.196. The number of carbonyl (C=O) groups excluding carboxylic acids is 1. The summed E-state index contributed by atoms with van der Waals surface area (Å²) in [5.74, 6) is -1.08. The number of aliphatic hydroxyl groups is 1. The van der Waals surface area contributed by atoms with Gasteiger partial charge in [0.05, 0.1) is 6.61 Å². The van der Waals surface area contributed by atoms with Gasteiger partial charge in [-0.1, -0.05) is 6.07 Å². The molecule has 0 saturated carbocycles. The molecule has 0 saturated heterocycles. The molecule has 94 valence electrons. The van der Waals surface area contributed by atoms with Crippen molar-refractivity contribution in [3.8, 4) is 0 Å². The summed E-state index contributed by atoms with van der Waals surface area (Å²) in [6.45, 7) is 3.49. The van der Waals surface area contributed by atoms with Gasteiger partial charge in [-0.25, -0.2) is 4.39 Å². The number of halogens is 1. The summed E-state index contributed by atoms with van der Waals surface area (Å²) in [4.78, 5) is 11.4. The van der Waals surface area contributed by atoms with Crippen molar-refractivity contribution in [1.82, 2.24) is 0 Å². The molecule has 0 radical (unpaired) electrons. The number of aryl methyl sites for hydroxylation is 1. The summed E-state index contributed by atoms with van der Waals surface area (Å²) >= 11 is 0. The van der Waals surface area contributed by atoms with Gasteiger partial charge >= 0.3 is 5.97 Å². The van der Waals surface area contributed by atoms with Crippen LogP contribution in [0.1, 0.15) is 24.2 Å². The highest BCUT2D eigenvalue weighted by molar-refractivity contribution is 5.76. The highest BCUT2D eigenvalue weighted by Crippen LogP contribution is 2.21. The Labute approximate surface area is 99.2 Å². The van der Waals surface area contributed by atoms with Gasteiger partial charge in [0.1, 0.15) is 18.0 Å². The minimum Gasteiger partial charge on any atom is -0.465 e. The number of ether oxygens (including phenoxy) is 1. The van der Waals surface area contributed by atoms with Crippen molar-refractivity contribution in [1.29, 1.82) is 0 Å². The Kier molecular flexibility index (Phi) is 4.60. The molecule has 0 fully saturated rings.